The molecule has 0 saturated carbocycles. The van der Waals surface area contributed by atoms with Crippen molar-refractivity contribution in [2.24, 2.45) is 0 Å². The number of carbonyl (C=O) groups excluding carboxylic acids is 5. The lowest BCUT2D eigenvalue weighted by atomic mass is 9.98. The molecule has 0 radical (unpaired) electrons. The molecule has 10 nitrogen and oxygen atoms in total. The predicted molar refractivity (Wildman–Crippen MR) is 157 cm³/mol. The number of amides is 5. The number of carbonyl (C=O) groups is 5. The molecule has 3 heterocycles. The van der Waals surface area contributed by atoms with Crippen LogP contribution in [0, 0.1) is 0 Å². The van der Waals surface area contributed by atoms with Crippen LogP contribution < -0.4 is 5.32 Å². The molecule has 43 heavy (non-hydrogen) atoms. The summed E-state index contributed by atoms with van der Waals surface area (Å²) in [6.07, 6.45) is 0.200. The lowest BCUT2D eigenvalue weighted by molar-refractivity contribution is -0.138. The van der Waals surface area contributed by atoms with Crippen LogP contribution in [0.2, 0.25) is 0 Å². The molecule has 0 spiro atoms. The minimum Gasteiger partial charge on any atom is -0.367 e. The Kier molecular flexibility index (Phi) is 8.13. The number of piperidine rings is 1. The molecule has 220 valence electrons. The van der Waals surface area contributed by atoms with Crippen molar-refractivity contribution in [1.82, 2.24) is 20.0 Å². The monoisotopic (exact) mass is 580 g/mol. The first-order chi connectivity index (χ1) is 20.9. The Morgan fingerprint density at radius 1 is 0.791 bits per heavy atom. The molecule has 1 unspecified atom stereocenters. The Hall–Kier alpha value is -4.67. The maximum absolute atomic E-state index is 13.2. The summed E-state index contributed by atoms with van der Waals surface area (Å²) < 4.78 is 5.62. The maximum atomic E-state index is 13.2. The second-order valence-corrected chi connectivity index (χ2v) is 11.0. The number of fused-ring (bicyclic) bond motifs is 1. The van der Waals surface area contributed by atoms with Crippen molar-refractivity contribution in [2.45, 2.75) is 32.0 Å². The first-order valence-electron chi connectivity index (χ1n) is 14.4. The van der Waals surface area contributed by atoms with Crippen LogP contribution in [0.4, 0.5) is 0 Å². The molecule has 3 aromatic carbocycles. The Labute approximate surface area is 249 Å². The molecule has 3 aliphatic rings. The number of benzene rings is 3. The molecule has 3 aliphatic heterocycles. The van der Waals surface area contributed by atoms with Gasteiger partial charge in [-0.15, -0.1) is 0 Å². The van der Waals surface area contributed by atoms with E-state index in [1.807, 2.05) is 53.4 Å². The molecule has 2 fully saturated rings. The summed E-state index contributed by atoms with van der Waals surface area (Å²) in [5.74, 6) is -2.07. The fourth-order valence-corrected chi connectivity index (χ4v) is 5.84. The van der Waals surface area contributed by atoms with Crippen molar-refractivity contribution < 1.29 is 28.7 Å². The van der Waals surface area contributed by atoms with Crippen molar-refractivity contribution in [3.05, 3.63) is 95.1 Å². The zero-order chi connectivity index (χ0) is 29.9. The highest BCUT2D eigenvalue weighted by molar-refractivity contribution is 6.23. The SMILES string of the molecule is O=C1CCC(N2C(=O)c3ccc(-c4cccc(CN5CCN(C(=O)COCc6ccccc6)CC5)c4)cc3C2=O)C(=O)N1. The van der Waals surface area contributed by atoms with Crippen LogP contribution >= 0.6 is 0 Å². The van der Waals surface area contributed by atoms with Gasteiger partial charge in [-0.3, -0.25) is 39.1 Å². The minimum absolute atomic E-state index is 0.00149. The van der Waals surface area contributed by atoms with E-state index < -0.39 is 29.7 Å². The maximum Gasteiger partial charge on any atom is 0.262 e. The number of piperazine rings is 1. The lowest BCUT2D eigenvalue weighted by Gasteiger charge is -2.34. The van der Waals surface area contributed by atoms with Crippen LogP contribution in [0.3, 0.4) is 0 Å². The summed E-state index contributed by atoms with van der Waals surface area (Å²) in [7, 11) is 0. The van der Waals surface area contributed by atoms with Crippen LogP contribution in [0.25, 0.3) is 11.1 Å². The van der Waals surface area contributed by atoms with E-state index in [1.165, 1.54) is 0 Å². The van der Waals surface area contributed by atoms with Crippen LogP contribution in [0.1, 0.15) is 44.7 Å². The molecule has 5 amide bonds. The molecule has 0 aromatic heterocycles. The van der Waals surface area contributed by atoms with Gasteiger partial charge in [-0.05, 0) is 46.9 Å². The largest absolute Gasteiger partial charge is 0.367 e. The Morgan fingerprint density at radius 2 is 1.51 bits per heavy atom. The standard InChI is InChI=1S/C33H32N4O6/c38-29-12-11-28(31(40)34-29)37-32(41)26-10-9-25(18-27(26)33(37)42)24-8-4-7-23(17-24)19-35-13-15-36(16-14-35)30(39)21-43-20-22-5-2-1-3-6-22/h1-10,17-18,28H,11-16,19-21H2,(H,34,38,40). The van der Waals surface area contributed by atoms with E-state index in [9.17, 15) is 24.0 Å². The van der Waals surface area contributed by atoms with Gasteiger partial charge in [0.25, 0.3) is 11.8 Å². The summed E-state index contributed by atoms with van der Waals surface area (Å²) in [6, 6.07) is 22.0. The molecular formula is C33H32N4O6. The van der Waals surface area contributed by atoms with Crippen LogP contribution in [-0.2, 0) is 32.3 Å². The summed E-state index contributed by atoms with van der Waals surface area (Å²) in [5.41, 5.74) is 4.34. The number of hydrogen-bond donors (Lipinski definition) is 1. The summed E-state index contributed by atoms with van der Waals surface area (Å²) in [4.78, 5) is 67.9. The van der Waals surface area contributed by atoms with E-state index in [2.05, 4.69) is 16.3 Å². The van der Waals surface area contributed by atoms with E-state index in [1.54, 1.807) is 18.2 Å². The van der Waals surface area contributed by atoms with Gasteiger partial charge in [0.2, 0.25) is 17.7 Å². The third-order valence-electron chi connectivity index (χ3n) is 8.17. The van der Waals surface area contributed by atoms with Crippen molar-refractivity contribution in [3.63, 3.8) is 0 Å². The number of nitrogens with one attached hydrogen (secondary N) is 1. The summed E-state index contributed by atoms with van der Waals surface area (Å²) in [6.45, 7) is 3.97. The average Bonchev–Trinajstić information content (AvgIpc) is 3.27. The molecule has 0 aliphatic carbocycles. The molecule has 10 heteroatoms. The topological polar surface area (TPSA) is 116 Å². The zero-order valence-corrected chi connectivity index (χ0v) is 23.7. The normalized spacial score (nSPS) is 19.0. The van der Waals surface area contributed by atoms with Crippen molar-refractivity contribution >= 4 is 29.5 Å². The molecule has 3 aromatic rings. The van der Waals surface area contributed by atoms with Crippen LogP contribution in [0.5, 0.6) is 0 Å². The molecule has 0 bridgehead atoms. The Bertz CT molecular complexity index is 1580. The van der Waals surface area contributed by atoms with Gasteiger partial charge in [-0.1, -0.05) is 54.6 Å². The Balaban J connectivity index is 1.05. The van der Waals surface area contributed by atoms with E-state index in [0.29, 0.717) is 26.2 Å². The Morgan fingerprint density at radius 3 is 2.28 bits per heavy atom. The van der Waals surface area contributed by atoms with Crippen molar-refractivity contribution in [3.8, 4) is 11.1 Å². The number of rotatable bonds is 8. The predicted octanol–water partition coefficient (Wildman–Crippen LogP) is 2.62. The number of ether oxygens (including phenoxy) is 1. The van der Waals surface area contributed by atoms with Gasteiger partial charge < -0.3 is 9.64 Å². The summed E-state index contributed by atoms with van der Waals surface area (Å²) >= 11 is 0. The van der Waals surface area contributed by atoms with Gasteiger partial charge in [-0.2, -0.15) is 0 Å². The first kappa shape index (κ1) is 28.4. The van der Waals surface area contributed by atoms with E-state index in [4.69, 9.17) is 4.74 Å². The third-order valence-corrected chi connectivity index (χ3v) is 8.17. The van der Waals surface area contributed by atoms with E-state index in [0.717, 1.165) is 40.2 Å². The second-order valence-electron chi connectivity index (χ2n) is 11.0. The van der Waals surface area contributed by atoms with Gasteiger partial charge in [0.15, 0.2) is 0 Å². The first-order valence-corrected chi connectivity index (χ1v) is 14.4. The minimum atomic E-state index is -0.991. The fourth-order valence-electron chi connectivity index (χ4n) is 5.84. The van der Waals surface area contributed by atoms with Gasteiger partial charge in [0.1, 0.15) is 12.6 Å². The quantitative estimate of drug-likeness (QED) is 0.407. The molecule has 1 atom stereocenters. The lowest BCUT2D eigenvalue weighted by Crippen LogP contribution is -2.54. The van der Waals surface area contributed by atoms with Gasteiger partial charge in [0.05, 0.1) is 17.7 Å². The smallest absolute Gasteiger partial charge is 0.262 e. The van der Waals surface area contributed by atoms with Crippen LogP contribution in [0.15, 0.2) is 72.8 Å². The van der Waals surface area contributed by atoms with Crippen molar-refractivity contribution in [1.29, 1.82) is 0 Å². The molecular weight excluding hydrogens is 548 g/mol. The van der Waals surface area contributed by atoms with Crippen LogP contribution in [-0.4, -0.2) is 83.1 Å². The number of hydrogen-bond acceptors (Lipinski definition) is 7. The zero-order valence-electron chi connectivity index (χ0n) is 23.7. The van der Waals surface area contributed by atoms with Gasteiger partial charge in [0, 0.05) is 39.1 Å². The number of nitrogens with zero attached hydrogens (tertiary/aromatic N) is 3. The molecule has 1 N–H and O–H groups in total. The fraction of sp³-hybridized carbons (Fsp3) is 0.303. The van der Waals surface area contributed by atoms with E-state index in [-0.39, 0.29) is 36.5 Å². The molecule has 2 saturated heterocycles. The van der Waals surface area contributed by atoms with E-state index >= 15 is 0 Å². The summed E-state index contributed by atoms with van der Waals surface area (Å²) in [5, 5.41) is 2.22. The number of imide groups is 2. The highest BCUT2D eigenvalue weighted by atomic mass is 16.5. The van der Waals surface area contributed by atoms with Gasteiger partial charge >= 0.3 is 0 Å². The second kappa shape index (κ2) is 12.3. The average molecular weight is 581 g/mol. The highest BCUT2D eigenvalue weighted by Gasteiger charge is 2.44. The van der Waals surface area contributed by atoms with Crippen molar-refractivity contribution in [2.75, 3.05) is 32.8 Å². The van der Waals surface area contributed by atoms with Gasteiger partial charge in [-0.25, -0.2) is 0 Å². The molecule has 6 rings (SSSR count). The third kappa shape index (κ3) is 6.11. The highest BCUT2D eigenvalue weighted by Crippen LogP contribution is 2.31.